The van der Waals surface area contributed by atoms with Gasteiger partial charge in [0.05, 0.1) is 24.6 Å². The van der Waals surface area contributed by atoms with E-state index in [4.69, 9.17) is 4.74 Å². The van der Waals surface area contributed by atoms with Gasteiger partial charge in [0.25, 0.3) is 5.91 Å². The fraction of sp³-hybridized carbons (Fsp3) is 0.458. The third kappa shape index (κ3) is 4.91. The SMILES string of the molecule is COc1ccccc1C(CNC(=O)c1cccc(N2CCCS2(=O)=O)c1)N1CCCCC1. The van der Waals surface area contributed by atoms with E-state index in [2.05, 4.69) is 16.3 Å². The summed E-state index contributed by atoms with van der Waals surface area (Å²) >= 11 is 0. The van der Waals surface area contributed by atoms with Gasteiger partial charge in [0.1, 0.15) is 5.75 Å². The van der Waals surface area contributed by atoms with Gasteiger partial charge >= 0.3 is 0 Å². The molecule has 2 aromatic carbocycles. The van der Waals surface area contributed by atoms with Gasteiger partial charge in [-0.1, -0.05) is 30.7 Å². The predicted molar refractivity (Wildman–Crippen MR) is 126 cm³/mol. The summed E-state index contributed by atoms with van der Waals surface area (Å²) in [5.41, 5.74) is 2.07. The number of benzene rings is 2. The van der Waals surface area contributed by atoms with Crippen molar-refractivity contribution >= 4 is 21.6 Å². The molecule has 0 radical (unpaired) electrons. The van der Waals surface area contributed by atoms with E-state index in [1.807, 2.05) is 18.2 Å². The van der Waals surface area contributed by atoms with E-state index in [1.165, 1.54) is 10.7 Å². The number of carbonyl (C=O) groups excluding carboxylic acids is 1. The molecule has 2 aromatic rings. The number of sulfonamides is 1. The zero-order valence-corrected chi connectivity index (χ0v) is 19.3. The van der Waals surface area contributed by atoms with E-state index in [0.29, 0.717) is 30.8 Å². The number of hydrogen-bond donors (Lipinski definition) is 1. The normalized spacial score (nSPS) is 19.5. The molecule has 0 bridgehead atoms. The molecule has 0 aromatic heterocycles. The van der Waals surface area contributed by atoms with E-state index in [0.717, 1.165) is 37.2 Å². The van der Waals surface area contributed by atoms with Gasteiger partial charge in [-0.25, -0.2) is 8.42 Å². The molecule has 0 spiro atoms. The Balaban J connectivity index is 1.52. The number of rotatable bonds is 7. The average molecular weight is 458 g/mol. The summed E-state index contributed by atoms with van der Waals surface area (Å²) in [5, 5.41) is 3.08. The van der Waals surface area contributed by atoms with Crippen LogP contribution in [0.2, 0.25) is 0 Å². The van der Waals surface area contributed by atoms with Crippen LogP contribution in [0.3, 0.4) is 0 Å². The standard InChI is InChI=1S/C24H31N3O4S/c1-31-23-12-4-3-11-21(23)22(26-13-5-2-6-14-26)18-25-24(28)19-9-7-10-20(17-19)27-15-8-16-32(27,29)30/h3-4,7,9-12,17,22H,2,5-6,8,13-16,18H2,1H3,(H,25,28). The van der Waals surface area contributed by atoms with E-state index in [-0.39, 0.29) is 17.7 Å². The molecule has 1 atom stereocenters. The largest absolute Gasteiger partial charge is 0.496 e. The van der Waals surface area contributed by atoms with Gasteiger partial charge in [-0.15, -0.1) is 0 Å². The van der Waals surface area contributed by atoms with Gasteiger partial charge in [-0.2, -0.15) is 0 Å². The summed E-state index contributed by atoms with van der Waals surface area (Å²) in [4.78, 5) is 15.4. The summed E-state index contributed by atoms with van der Waals surface area (Å²) in [6.07, 6.45) is 4.13. The number of anilines is 1. The highest BCUT2D eigenvalue weighted by Gasteiger charge is 2.29. The summed E-state index contributed by atoms with van der Waals surface area (Å²) in [5.74, 6) is 0.763. The smallest absolute Gasteiger partial charge is 0.251 e. The average Bonchev–Trinajstić information content (AvgIpc) is 3.19. The maximum Gasteiger partial charge on any atom is 0.251 e. The van der Waals surface area contributed by atoms with Crippen molar-refractivity contribution in [2.75, 3.05) is 43.3 Å². The minimum Gasteiger partial charge on any atom is -0.496 e. The van der Waals surface area contributed by atoms with Crippen LogP contribution in [-0.2, 0) is 10.0 Å². The van der Waals surface area contributed by atoms with Gasteiger partial charge in [-0.05, 0) is 56.6 Å². The molecule has 2 fully saturated rings. The second kappa shape index (κ2) is 9.92. The molecule has 4 rings (SSSR count). The summed E-state index contributed by atoms with van der Waals surface area (Å²) in [6.45, 7) is 2.88. The number of para-hydroxylation sites is 1. The summed E-state index contributed by atoms with van der Waals surface area (Å²) < 4.78 is 31.5. The Morgan fingerprint density at radius 3 is 2.53 bits per heavy atom. The number of nitrogens with zero attached hydrogens (tertiary/aromatic N) is 2. The van der Waals surface area contributed by atoms with E-state index in [9.17, 15) is 13.2 Å². The first-order chi connectivity index (χ1) is 15.5. The lowest BCUT2D eigenvalue weighted by molar-refractivity contribution is 0.0923. The topological polar surface area (TPSA) is 79.0 Å². The zero-order valence-electron chi connectivity index (χ0n) is 18.5. The number of piperidine rings is 1. The van der Waals surface area contributed by atoms with Crippen LogP contribution >= 0.6 is 0 Å². The fourth-order valence-corrected chi connectivity index (χ4v) is 6.19. The summed E-state index contributed by atoms with van der Waals surface area (Å²) in [6, 6.07) is 14.8. The molecular formula is C24H31N3O4S. The van der Waals surface area contributed by atoms with Crippen LogP contribution in [0.5, 0.6) is 5.75 Å². The second-order valence-corrected chi connectivity index (χ2v) is 10.4. The Hall–Kier alpha value is -2.58. The van der Waals surface area contributed by atoms with Gasteiger partial charge < -0.3 is 10.1 Å². The van der Waals surface area contributed by atoms with Crippen LogP contribution < -0.4 is 14.4 Å². The highest BCUT2D eigenvalue weighted by atomic mass is 32.2. The van der Waals surface area contributed by atoms with Crippen molar-refractivity contribution in [3.05, 3.63) is 59.7 Å². The first kappa shape index (κ1) is 22.6. The molecule has 7 nitrogen and oxygen atoms in total. The number of likely N-dealkylation sites (tertiary alicyclic amines) is 1. The van der Waals surface area contributed by atoms with Crippen LogP contribution in [0.15, 0.2) is 48.5 Å². The van der Waals surface area contributed by atoms with Crippen molar-refractivity contribution in [2.24, 2.45) is 0 Å². The van der Waals surface area contributed by atoms with Crippen molar-refractivity contribution in [3.8, 4) is 5.75 Å². The van der Waals surface area contributed by atoms with E-state index in [1.54, 1.807) is 31.4 Å². The molecule has 1 amide bonds. The zero-order chi connectivity index (χ0) is 22.6. The third-order valence-electron chi connectivity index (χ3n) is 6.28. The quantitative estimate of drug-likeness (QED) is 0.691. The number of carbonyl (C=O) groups is 1. The molecule has 8 heteroatoms. The third-order valence-corrected chi connectivity index (χ3v) is 8.15. The highest BCUT2D eigenvalue weighted by Crippen LogP contribution is 2.31. The molecule has 2 saturated heterocycles. The van der Waals surface area contributed by atoms with E-state index >= 15 is 0 Å². The molecule has 1 N–H and O–H groups in total. The number of ether oxygens (including phenoxy) is 1. The van der Waals surface area contributed by atoms with Gasteiger partial charge in [0.2, 0.25) is 10.0 Å². The first-order valence-corrected chi connectivity index (χ1v) is 12.9. The molecule has 0 aliphatic carbocycles. The van der Waals surface area contributed by atoms with E-state index < -0.39 is 10.0 Å². The lowest BCUT2D eigenvalue weighted by atomic mass is 10.0. The lowest BCUT2D eigenvalue weighted by Crippen LogP contribution is -2.40. The highest BCUT2D eigenvalue weighted by molar-refractivity contribution is 7.93. The van der Waals surface area contributed by atoms with Crippen molar-refractivity contribution < 1.29 is 17.9 Å². The number of amides is 1. The fourth-order valence-electron chi connectivity index (χ4n) is 4.63. The maximum absolute atomic E-state index is 13.0. The molecule has 1 unspecified atom stereocenters. The molecule has 2 heterocycles. The Labute approximate surface area is 190 Å². The van der Waals surface area contributed by atoms with Crippen LogP contribution in [0.25, 0.3) is 0 Å². The van der Waals surface area contributed by atoms with Crippen LogP contribution in [-0.4, -0.2) is 58.3 Å². The molecule has 32 heavy (non-hydrogen) atoms. The number of methoxy groups -OCH3 is 1. The second-order valence-electron chi connectivity index (χ2n) is 8.36. The van der Waals surface area contributed by atoms with Gasteiger partial charge in [0.15, 0.2) is 0 Å². The van der Waals surface area contributed by atoms with Crippen LogP contribution in [0.1, 0.15) is 47.6 Å². The Morgan fingerprint density at radius 2 is 1.81 bits per heavy atom. The number of hydrogen-bond acceptors (Lipinski definition) is 5. The molecule has 0 saturated carbocycles. The Morgan fingerprint density at radius 1 is 1.03 bits per heavy atom. The molecule has 172 valence electrons. The maximum atomic E-state index is 13.0. The summed E-state index contributed by atoms with van der Waals surface area (Å²) in [7, 11) is -1.62. The van der Waals surface area contributed by atoms with Gasteiger partial charge in [0, 0.05) is 24.2 Å². The molecule has 2 aliphatic rings. The van der Waals surface area contributed by atoms with Crippen molar-refractivity contribution in [2.45, 2.75) is 31.7 Å². The van der Waals surface area contributed by atoms with Crippen LogP contribution in [0, 0.1) is 0 Å². The first-order valence-electron chi connectivity index (χ1n) is 11.3. The number of nitrogens with one attached hydrogen (secondary N) is 1. The van der Waals surface area contributed by atoms with Crippen molar-refractivity contribution in [1.82, 2.24) is 10.2 Å². The molecule has 2 aliphatic heterocycles. The molecular weight excluding hydrogens is 426 g/mol. The Kier molecular flexibility index (Phi) is 7.01. The van der Waals surface area contributed by atoms with Crippen molar-refractivity contribution in [1.29, 1.82) is 0 Å². The minimum atomic E-state index is -3.29. The van der Waals surface area contributed by atoms with Crippen molar-refractivity contribution in [3.63, 3.8) is 0 Å². The Bertz CT molecular complexity index is 1050. The van der Waals surface area contributed by atoms with Gasteiger partial charge in [-0.3, -0.25) is 14.0 Å². The predicted octanol–water partition coefficient (Wildman–Crippen LogP) is 3.19. The monoisotopic (exact) mass is 457 g/mol. The van der Waals surface area contributed by atoms with Crippen LogP contribution in [0.4, 0.5) is 5.69 Å². The lowest BCUT2D eigenvalue weighted by Gasteiger charge is -2.35. The minimum absolute atomic E-state index is 0.0116.